The number of carbonyl (C=O) groups is 1. The van der Waals surface area contributed by atoms with Crippen LogP contribution >= 0.6 is 0 Å². The molecule has 2 aromatic heterocycles. The predicted octanol–water partition coefficient (Wildman–Crippen LogP) is 4.02. The summed E-state index contributed by atoms with van der Waals surface area (Å²) in [5.74, 6) is 0.615. The van der Waals surface area contributed by atoms with Crippen molar-refractivity contribution in [2.75, 3.05) is 13.2 Å². The molecule has 30 heavy (non-hydrogen) atoms. The quantitative estimate of drug-likeness (QED) is 0.360. The summed E-state index contributed by atoms with van der Waals surface area (Å²) in [7, 11) is 0. The van der Waals surface area contributed by atoms with E-state index in [0.717, 1.165) is 27.9 Å². The zero-order valence-corrected chi connectivity index (χ0v) is 16.4. The van der Waals surface area contributed by atoms with Gasteiger partial charge < -0.3 is 10.1 Å². The Morgan fingerprint density at radius 1 is 1.07 bits per heavy atom. The number of nitrogens with one attached hydrogen (secondary N) is 1. The minimum Gasteiger partial charge on any atom is -0.491 e. The molecule has 0 saturated carbocycles. The van der Waals surface area contributed by atoms with Crippen molar-refractivity contribution in [3.8, 4) is 11.4 Å². The summed E-state index contributed by atoms with van der Waals surface area (Å²) < 4.78 is 7.61. The molecule has 6 heteroatoms. The van der Waals surface area contributed by atoms with Gasteiger partial charge in [0.25, 0.3) is 0 Å². The molecule has 0 spiro atoms. The van der Waals surface area contributed by atoms with Crippen molar-refractivity contribution in [1.29, 1.82) is 0 Å². The first-order valence-corrected chi connectivity index (χ1v) is 9.82. The maximum Gasteiger partial charge on any atom is 0.244 e. The number of fused-ring (bicyclic) bond motifs is 1. The van der Waals surface area contributed by atoms with Gasteiger partial charge in [0.2, 0.25) is 5.91 Å². The van der Waals surface area contributed by atoms with Crippen molar-refractivity contribution in [3.63, 3.8) is 0 Å². The van der Waals surface area contributed by atoms with Crippen LogP contribution in [0.5, 0.6) is 5.75 Å². The van der Waals surface area contributed by atoms with E-state index in [1.807, 2.05) is 66.9 Å². The Balaban J connectivity index is 1.21. The molecule has 2 heterocycles. The van der Waals surface area contributed by atoms with Crippen LogP contribution in [0, 0.1) is 0 Å². The lowest BCUT2D eigenvalue weighted by Gasteiger charge is -2.08. The number of benzene rings is 2. The molecule has 0 aliphatic heterocycles. The zero-order chi connectivity index (χ0) is 20.6. The fraction of sp³-hybridized carbons (Fsp3) is 0.125. The van der Waals surface area contributed by atoms with Gasteiger partial charge in [0.05, 0.1) is 18.5 Å². The van der Waals surface area contributed by atoms with Crippen molar-refractivity contribution in [2.45, 2.75) is 6.42 Å². The maximum absolute atomic E-state index is 12.0. The second-order valence-corrected chi connectivity index (χ2v) is 6.71. The normalized spacial score (nSPS) is 11.1. The number of aromatic nitrogens is 3. The fourth-order valence-corrected chi connectivity index (χ4v) is 3.03. The SMILES string of the molecule is O=C(/C=C/c1cnn(-c2ccccc2)c1)NCCCOc1cccc2cccnc12. The van der Waals surface area contributed by atoms with Crippen molar-refractivity contribution in [1.82, 2.24) is 20.1 Å². The van der Waals surface area contributed by atoms with Gasteiger partial charge in [-0.25, -0.2) is 4.68 Å². The van der Waals surface area contributed by atoms with Gasteiger partial charge in [0, 0.05) is 36.0 Å². The number of rotatable bonds is 8. The Kier molecular flexibility index (Phi) is 6.15. The summed E-state index contributed by atoms with van der Waals surface area (Å²) >= 11 is 0. The molecule has 4 aromatic rings. The molecule has 6 nitrogen and oxygen atoms in total. The Bertz CT molecular complexity index is 1150. The summed E-state index contributed by atoms with van der Waals surface area (Å²) in [6.07, 6.45) is 9.33. The predicted molar refractivity (Wildman–Crippen MR) is 117 cm³/mol. The van der Waals surface area contributed by atoms with Crippen LogP contribution in [0.1, 0.15) is 12.0 Å². The zero-order valence-electron chi connectivity index (χ0n) is 16.4. The standard InChI is InChI=1S/C24H22N4O2/c29-23(13-12-19-17-27-28(18-19)21-9-2-1-3-10-21)25-15-6-16-30-22-11-4-7-20-8-5-14-26-24(20)22/h1-5,7-14,17-18H,6,15-16H2,(H,25,29)/b13-12+. The van der Waals surface area contributed by atoms with E-state index in [-0.39, 0.29) is 5.91 Å². The van der Waals surface area contributed by atoms with E-state index in [9.17, 15) is 4.79 Å². The van der Waals surface area contributed by atoms with Crippen molar-refractivity contribution >= 4 is 22.9 Å². The molecular formula is C24H22N4O2. The highest BCUT2D eigenvalue weighted by molar-refractivity contribution is 5.91. The molecule has 150 valence electrons. The Morgan fingerprint density at radius 3 is 2.83 bits per heavy atom. The van der Waals surface area contributed by atoms with Crippen LogP contribution < -0.4 is 10.1 Å². The largest absolute Gasteiger partial charge is 0.491 e. The number of ether oxygens (including phenoxy) is 1. The molecule has 0 radical (unpaired) electrons. The van der Waals surface area contributed by atoms with Crippen LogP contribution in [0.4, 0.5) is 0 Å². The van der Waals surface area contributed by atoms with E-state index in [1.165, 1.54) is 6.08 Å². The van der Waals surface area contributed by atoms with E-state index in [0.29, 0.717) is 19.6 Å². The van der Waals surface area contributed by atoms with Gasteiger partial charge in [-0.1, -0.05) is 36.4 Å². The Morgan fingerprint density at radius 2 is 1.93 bits per heavy atom. The third-order valence-electron chi connectivity index (χ3n) is 4.52. The highest BCUT2D eigenvalue weighted by atomic mass is 16.5. The monoisotopic (exact) mass is 398 g/mol. The van der Waals surface area contributed by atoms with Crippen LogP contribution in [0.2, 0.25) is 0 Å². The summed E-state index contributed by atoms with van der Waals surface area (Å²) in [6, 6.07) is 19.6. The van der Waals surface area contributed by atoms with Crippen LogP contribution in [-0.2, 0) is 4.79 Å². The first kappa shape index (κ1) is 19.4. The van der Waals surface area contributed by atoms with Crippen LogP contribution in [0.3, 0.4) is 0 Å². The first-order valence-electron chi connectivity index (χ1n) is 9.82. The van der Waals surface area contributed by atoms with Crippen LogP contribution in [0.15, 0.2) is 85.3 Å². The number of pyridine rings is 1. The lowest BCUT2D eigenvalue weighted by molar-refractivity contribution is -0.116. The van der Waals surface area contributed by atoms with Gasteiger partial charge >= 0.3 is 0 Å². The van der Waals surface area contributed by atoms with Crippen molar-refractivity contribution < 1.29 is 9.53 Å². The van der Waals surface area contributed by atoms with Crippen molar-refractivity contribution in [3.05, 3.63) is 90.9 Å². The highest BCUT2D eigenvalue weighted by Gasteiger charge is 2.03. The number of carbonyl (C=O) groups excluding carboxylic acids is 1. The van der Waals surface area contributed by atoms with Crippen LogP contribution in [0.25, 0.3) is 22.7 Å². The molecule has 0 bridgehead atoms. The number of amides is 1. The van der Waals surface area contributed by atoms with Gasteiger partial charge in [-0.05, 0) is 36.8 Å². The van der Waals surface area contributed by atoms with E-state index in [4.69, 9.17) is 4.74 Å². The summed E-state index contributed by atoms with van der Waals surface area (Å²) in [5.41, 5.74) is 2.69. The third-order valence-corrected chi connectivity index (χ3v) is 4.52. The summed E-state index contributed by atoms with van der Waals surface area (Å²) in [6.45, 7) is 1.04. The number of nitrogens with zero attached hydrogens (tertiary/aromatic N) is 3. The summed E-state index contributed by atoms with van der Waals surface area (Å²) in [5, 5.41) is 8.22. The minimum absolute atomic E-state index is 0.144. The van der Waals surface area contributed by atoms with Gasteiger partial charge in [-0.3, -0.25) is 9.78 Å². The second-order valence-electron chi connectivity index (χ2n) is 6.71. The van der Waals surface area contributed by atoms with E-state index in [2.05, 4.69) is 15.4 Å². The molecule has 1 amide bonds. The van der Waals surface area contributed by atoms with E-state index >= 15 is 0 Å². The first-order chi connectivity index (χ1) is 14.8. The molecule has 2 aromatic carbocycles. The van der Waals surface area contributed by atoms with Gasteiger partial charge in [-0.15, -0.1) is 0 Å². The van der Waals surface area contributed by atoms with E-state index in [1.54, 1.807) is 23.2 Å². The fourth-order valence-electron chi connectivity index (χ4n) is 3.03. The molecule has 0 unspecified atom stereocenters. The van der Waals surface area contributed by atoms with Gasteiger partial charge in [0.1, 0.15) is 11.3 Å². The maximum atomic E-state index is 12.0. The second kappa shape index (κ2) is 9.52. The molecule has 0 aliphatic carbocycles. The highest BCUT2D eigenvalue weighted by Crippen LogP contribution is 2.22. The Hall–Kier alpha value is -3.93. The minimum atomic E-state index is -0.144. The third kappa shape index (κ3) is 4.91. The Labute approximate surface area is 174 Å². The number of hydrogen-bond donors (Lipinski definition) is 1. The van der Waals surface area contributed by atoms with E-state index < -0.39 is 0 Å². The molecule has 0 saturated heterocycles. The lowest BCUT2D eigenvalue weighted by Crippen LogP contribution is -2.23. The molecule has 4 rings (SSSR count). The lowest BCUT2D eigenvalue weighted by atomic mass is 10.2. The molecular weight excluding hydrogens is 376 g/mol. The van der Waals surface area contributed by atoms with Crippen LogP contribution in [-0.4, -0.2) is 33.8 Å². The molecule has 0 aliphatic rings. The van der Waals surface area contributed by atoms with Crippen molar-refractivity contribution in [2.24, 2.45) is 0 Å². The summed E-state index contributed by atoms with van der Waals surface area (Å²) in [4.78, 5) is 16.4. The smallest absolute Gasteiger partial charge is 0.244 e. The number of para-hydroxylation sites is 2. The molecule has 0 atom stereocenters. The molecule has 1 N–H and O–H groups in total. The van der Waals surface area contributed by atoms with Gasteiger partial charge in [-0.2, -0.15) is 5.10 Å². The average Bonchev–Trinajstić information content (AvgIpc) is 3.27. The number of hydrogen-bond acceptors (Lipinski definition) is 4. The van der Waals surface area contributed by atoms with Gasteiger partial charge in [0.15, 0.2) is 0 Å². The molecule has 0 fully saturated rings. The topological polar surface area (TPSA) is 69.0 Å². The average molecular weight is 398 g/mol.